The molecule has 106 valence electrons. The molecular formula is C15H22BrNOS. The number of hydrogen-bond donors (Lipinski definition) is 1. The van der Waals surface area contributed by atoms with Crippen LogP contribution in [0.25, 0.3) is 0 Å². The average molecular weight is 344 g/mol. The molecule has 0 aliphatic heterocycles. The van der Waals surface area contributed by atoms with Crippen molar-refractivity contribution in [2.24, 2.45) is 11.7 Å². The number of ether oxygens (including phenoxy) is 1. The Morgan fingerprint density at radius 1 is 1.42 bits per heavy atom. The lowest BCUT2D eigenvalue weighted by molar-refractivity contribution is 0.233. The van der Waals surface area contributed by atoms with E-state index in [-0.39, 0.29) is 0 Å². The Kier molecular flexibility index (Phi) is 7.39. The van der Waals surface area contributed by atoms with Crippen molar-refractivity contribution in [2.75, 3.05) is 6.61 Å². The van der Waals surface area contributed by atoms with Gasteiger partial charge >= 0.3 is 0 Å². The van der Waals surface area contributed by atoms with Gasteiger partial charge in [0.1, 0.15) is 10.7 Å². The number of hydrogen-bond acceptors (Lipinski definition) is 2. The van der Waals surface area contributed by atoms with Gasteiger partial charge in [-0.15, -0.1) is 0 Å². The van der Waals surface area contributed by atoms with Crippen molar-refractivity contribution in [1.29, 1.82) is 0 Å². The van der Waals surface area contributed by atoms with Gasteiger partial charge in [0.05, 0.1) is 12.2 Å². The fraction of sp³-hybridized carbons (Fsp3) is 0.533. The Hall–Kier alpha value is -0.610. The molecule has 2 nitrogen and oxygen atoms in total. The minimum absolute atomic E-state index is 0.379. The predicted molar refractivity (Wildman–Crippen MR) is 88.8 cm³/mol. The molecule has 0 bridgehead atoms. The monoisotopic (exact) mass is 343 g/mol. The lowest BCUT2D eigenvalue weighted by Gasteiger charge is -2.17. The second-order valence-corrected chi connectivity index (χ2v) is 6.09. The molecule has 1 rings (SSSR count). The van der Waals surface area contributed by atoms with Crippen LogP contribution in [-0.4, -0.2) is 11.6 Å². The van der Waals surface area contributed by atoms with E-state index >= 15 is 0 Å². The van der Waals surface area contributed by atoms with E-state index in [4.69, 9.17) is 22.7 Å². The zero-order chi connectivity index (χ0) is 14.3. The van der Waals surface area contributed by atoms with Crippen LogP contribution >= 0.6 is 28.1 Å². The SMILES string of the molecule is CCCCC(CC)COc1cc(Br)ccc1C(N)=S. The zero-order valence-electron chi connectivity index (χ0n) is 11.6. The van der Waals surface area contributed by atoms with E-state index in [0.717, 1.165) is 28.8 Å². The summed E-state index contributed by atoms with van der Waals surface area (Å²) in [6, 6.07) is 5.76. The molecule has 4 heteroatoms. The van der Waals surface area contributed by atoms with Gasteiger partial charge in [-0.05, 0) is 30.5 Å². The van der Waals surface area contributed by atoms with Crippen molar-refractivity contribution in [3.63, 3.8) is 0 Å². The number of benzene rings is 1. The summed E-state index contributed by atoms with van der Waals surface area (Å²) in [6.45, 7) is 5.15. The Labute approximate surface area is 129 Å². The van der Waals surface area contributed by atoms with Crippen LogP contribution in [0.3, 0.4) is 0 Å². The van der Waals surface area contributed by atoms with E-state index in [0.29, 0.717) is 10.9 Å². The van der Waals surface area contributed by atoms with Crippen LogP contribution in [0.4, 0.5) is 0 Å². The maximum atomic E-state index is 5.93. The quantitative estimate of drug-likeness (QED) is 0.696. The Bertz CT molecular complexity index is 423. The van der Waals surface area contributed by atoms with E-state index in [1.165, 1.54) is 19.3 Å². The van der Waals surface area contributed by atoms with Crippen molar-refractivity contribution in [3.8, 4) is 5.75 Å². The summed E-state index contributed by atoms with van der Waals surface area (Å²) in [5.41, 5.74) is 6.53. The Morgan fingerprint density at radius 3 is 2.74 bits per heavy atom. The molecule has 1 atom stereocenters. The van der Waals surface area contributed by atoms with Gasteiger partial charge in [0.15, 0.2) is 0 Å². The molecule has 0 aliphatic carbocycles. The highest BCUT2D eigenvalue weighted by molar-refractivity contribution is 9.10. The zero-order valence-corrected chi connectivity index (χ0v) is 14.0. The molecule has 0 radical (unpaired) electrons. The summed E-state index contributed by atoms with van der Waals surface area (Å²) in [7, 11) is 0. The van der Waals surface area contributed by atoms with Crippen LogP contribution in [0.1, 0.15) is 45.1 Å². The molecule has 0 saturated carbocycles. The Balaban J connectivity index is 2.70. The average Bonchev–Trinajstić information content (AvgIpc) is 2.38. The van der Waals surface area contributed by atoms with Crippen LogP contribution in [-0.2, 0) is 0 Å². The van der Waals surface area contributed by atoms with Crippen LogP contribution in [0.2, 0.25) is 0 Å². The summed E-state index contributed by atoms with van der Waals surface area (Å²) in [5, 5.41) is 0. The number of thiocarbonyl (C=S) groups is 1. The van der Waals surface area contributed by atoms with E-state index < -0.39 is 0 Å². The summed E-state index contributed by atoms with van der Waals surface area (Å²) in [6.07, 6.45) is 4.83. The predicted octanol–water partition coefficient (Wildman–Crippen LogP) is 4.68. The molecule has 0 aliphatic rings. The van der Waals surface area contributed by atoms with Crippen molar-refractivity contribution in [1.82, 2.24) is 0 Å². The number of nitrogens with two attached hydrogens (primary N) is 1. The van der Waals surface area contributed by atoms with Crippen molar-refractivity contribution >= 4 is 33.1 Å². The maximum Gasteiger partial charge on any atom is 0.130 e. The van der Waals surface area contributed by atoms with Gasteiger partial charge in [-0.25, -0.2) is 0 Å². The molecule has 1 aromatic rings. The van der Waals surface area contributed by atoms with Crippen molar-refractivity contribution in [2.45, 2.75) is 39.5 Å². The van der Waals surface area contributed by atoms with Crippen LogP contribution < -0.4 is 10.5 Å². The smallest absolute Gasteiger partial charge is 0.130 e. The minimum atomic E-state index is 0.379. The second kappa shape index (κ2) is 8.54. The van der Waals surface area contributed by atoms with Gasteiger partial charge in [0, 0.05) is 4.47 Å². The molecule has 0 spiro atoms. The van der Waals surface area contributed by atoms with E-state index in [9.17, 15) is 0 Å². The largest absolute Gasteiger partial charge is 0.493 e. The third-order valence-electron chi connectivity index (χ3n) is 3.23. The normalized spacial score (nSPS) is 12.2. The summed E-state index contributed by atoms with van der Waals surface area (Å²) >= 11 is 8.50. The fourth-order valence-corrected chi connectivity index (χ4v) is 2.43. The van der Waals surface area contributed by atoms with Gasteiger partial charge in [-0.1, -0.05) is 61.3 Å². The van der Waals surface area contributed by atoms with Gasteiger partial charge in [0.25, 0.3) is 0 Å². The highest BCUT2D eigenvalue weighted by Gasteiger charge is 2.11. The summed E-state index contributed by atoms with van der Waals surface area (Å²) in [5.74, 6) is 1.37. The molecule has 0 saturated heterocycles. The van der Waals surface area contributed by atoms with Gasteiger partial charge in [-0.2, -0.15) is 0 Å². The first-order chi connectivity index (χ1) is 9.08. The van der Waals surface area contributed by atoms with Gasteiger partial charge in [0.2, 0.25) is 0 Å². The first-order valence-corrected chi connectivity index (χ1v) is 8.00. The lowest BCUT2D eigenvalue weighted by Crippen LogP contribution is -2.15. The summed E-state index contributed by atoms with van der Waals surface area (Å²) in [4.78, 5) is 0.379. The van der Waals surface area contributed by atoms with E-state index in [1.807, 2.05) is 18.2 Å². The molecule has 0 fully saturated rings. The third kappa shape index (κ3) is 5.49. The van der Waals surface area contributed by atoms with E-state index in [1.54, 1.807) is 0 Å². The van der Waals surface area contributed by atoms with Crippen molar-refractivity contribution < 1.29 is 4.74 Å². The molecule has 19 heavy (non-hydrogen) atoms. The minimum Gasteiger partial charge on any atom is -0.493 e. The molecule has 1 aromatic carbocycles. The van der Waals surface area contributed by atoms with Crippen LogP contribution in [0, 0.1) is 5.92 Å². The highest BCUT2D eigenvalue weighted by atomic mass is 79.9. The molecule has 1 unspecified atom stereocenters. The lowest BCUT2D eigenvalue weighted by atomic mass is 10.0. The summed E-state index contributed by atoms with van der Waals surface area (Å²) < 4.78 is 6.91. The number of rotatable bonds is 8. The molecule has 2 N–H and O–H groups in total. The van der Waals surface area contributed by atoms with E-state index in [2.05, 4.69) is 29.8 Å². The third-order valence-corrected chi connectivity index (χ3v) is 3.94. The molecule has 0 amide bonds. The maximum absolute atomic E-state index is 5.93. The Morgan fingerprint density at radius 2 is 2.16 bits per heavy atom. The number of unbranched alkanes of at least 4 members (excludes halogenated alkanes) is 1. The first kappa shape index (κ1) is 16.4. The van der Waals surface area contributed by atoms with Crippen LogP contribution in [0.15, 0.2) is 22.7 Å². The fourth-order valence-electron chi connectivity index (χ4n) is 1.92. The van der Waals surface area contributed by atoms with Gasteiger partial charge < -0.3 is 10.5 Å². The first-order valence-electron chi connectivity index (χ1n) is 6.80. The van der Waals surface area contributed by atoms with Gasteiger partial charge in [-0.3, -0.25) is 0 Å². The molecule has 0 aromatic heterocycles. The molecular weight excluding hydrogens is 322 g/mol. The standard InChI is InChI=1S/C15H22BrNOS/c1-3-5-6-11(4-2)10-18-14-9-12(16)7-8-13(14)15(17)19/h7-9,11H,3-6,10H2,1-2H3,(H2,17,19). The molecule has 0 heterocycles. The number of halogens is 1. The topological polar surface area (TPSA) is 35.2 Å². The highest BCUT2D eigenvalue weighted by Crippen LogP contribution is 2.25. The second-order valence-electron chi connectivity index (χ2n) is 4.73. The van der Waals surface area contributed by atoms with Crippen LogP contribution in [0.5, 0.6) is 5.75 Å². The van der Waals surface area contributed by atoms with Crippen molar-refractivity contribution in [3.05, 3.63) is 28.2 Å².